The molecule has 0 radical (unpaired) electrons. The smallest absolute Gasteiger partial charge is 0.208 e. The number of imidazole rings is 1. The molecule has 3 heterocycles. The number of carbonyl (C=O) groups excluding carboxylic acids is 1. The standard InChI is InChI=1S/C30H35FN6O2/c1-20-5-7-26(31)27(15-20)33-30-34-28-18-24(6-8-29(28)36(30)4)39-25-9-12-32-21(17-25)16-23(38)19-37-13-10-22(11-14-37)35(2)3/h5-9,12,15,17-18,22H,10-11,13-14,16,19H2,1-4H3,(H,33,34). The Morgan fingerprint density at radius 2 is 1.87 bits per heavy atom. The number of aryl methyl sites for hydroxylation is 2. The van der Waals surface area contributed by atoms with E-state index in [2.05, 4.69) is 39.2 Å². The van der Waals surface area contributed by atoms with Crippen molar-refractivity contribution < 1.29 is 13.9 Å². The topological polar surface area (TPSA) is 75.5 Å². The van der Waals surface area contributed by atoms with E-state index in [9.17, 15) is 9.18 Å². The maximum atomic E-state index is 14.3. The number of aromatic nitrogens is 3. The summed E-state index contributed by atoms with van der Waals surface area (Å²) < 4.78 is 22.2. The molecule has 0 unspecified atom stereocenters. The predicted molar refractivity (Wildman–Crippen MR) is 151 cm³/mol. The lowest BCUT2D eigenvalue weighted by Gasteiger charge is -2.34. The van der Waals surface area contributed by atoms with Crippen molar-refractivity contribution in [3.05, 3.63) is 71.8 Å². The third-order valence-corrected chi connectivity index (χ3v) is 7.31. The van der Waals surface area contributed by atoms with Crippen LogP contribution >= 0.6 is 0 Å². The number of rotatable bonds is 9. The molecule has 1 N–H and O–H groups in total. The Kier molecular flexibility index (Phi) is 7.90. The van der Waals surface area contributed by atoms with Crippen molar-refractivity contribution in [1.29, 1.82) is 0 Å². The van der Waals surface area contributed by atoms with E-state index in [-0.39, 0.29) is 18.0 Å². The SMILES string of the molecule is Cc1ccc(F)c(Nc2nc3cc(Oc4ccnc(CC(=O)CN5CCC(N(C)C)CC5)c4)ccc3n2C)c1. The normalized spacial score (nSPS) is 14.7. The molecule has 8 nitrogen and oxygen atoms in total. The zero-order valence-corrected chi connectivity index (χ0v) is 22.9. The highest BCUT2D eigenvalue weighted by molar-refractivity contribution is 5.83. The summed E-state index contributed by atoms with van der Waals surface area (Å²) in [5, 5.41) is 3.09. The number of carbonyl (C=O) groups is 1. The molecule has 5 rings (SSSR count). The highest BCUT2D eigenvalue weighted by Crippen LogP contribution is 2.29. The third-order valence-electron chi connectivity index (χ3n) is 7.31. The van der Waals surface area contributed by atoms with Crippen LogP contribution in [-0.2, 0) is 18.3 Å². The van der Waals surface area contributed by atoms with Gasteiger partial charge in [0.1, 0.15) is 17.3 Å². The largest absolute Gasteiger partial charge is 0.457 e. The van der Waals surface area contributed by atoms with Crippen molar-refractivity contribution in [3.63, 3.8) is 0 Å². The van der Waals surface area contributed by atoms with Crippen LogP contribution in [0, 0.1) is 12.7 Å². The van der Waals surface area contributed by atoms with E-state index in [1.54, 1.807) is 24.4 Å². The van der Waals surface area contributed by atoms with Gasteiger partial charge in [0.25, 0.3) is 0 Å². The van der Waals surface area contributed by atoms with E-state index in [4.69, 9.17) is 4.74 Å². The highest BCUT2D eigenvalue weighted by atomic mass is 19.1. The number of ketones is 1. The van der Waals surface area contributed by atoms with Crippen molar-refractivity contribution in [2.45, 2.75) is 32.2 Å². The van der Waals surface area contributed by atoms with Gasteiger partial charge in [0.05, 0.1) is 35.4 Å². The molecule has 1 aliphatic rings. The van der Waals surface area contributed by atoms with Gasteiger partial charge in [-0.2, -0.15) is 0 Å². The predicted octanol–water partition coefficient (Wildman–Crippen LogP) is 5.09. The first kappa shape index (κ1) is 26.8. The van der Waals surface area contributed by atoms with Crippen LogP contribution in [0.25, 0.3) is 11.0 Å². The van der Waals surface area contributed by atoms with Gasteiger partial charge in [-0.25, -0.2) is 9.37 Å². The molecular formula is C30H35FN6O2. The van der Waals surface area contributed by atoms with E-state index in [1.807, 2.05) is 42.8 Å². The van der Waals surface area contributed by atoms with Crippen molar-refractivity contribution in [3.8, 4) is 11.5 Å². The number of nitrogens with zero attached hydrogens (tertiary/aromatic N) is 5. The summed E-state index contributed by atoms with van der Waals surface area (Å²) in [6.45, 7) is 4.25. The molecular weight excluding hydrogens is 495 g/mol. The fraction of sp³-hybridized carbons (Fsp3) is 0.367. The number of pyridine rings is 1. The second-order valence-corrected chi connectivity index (χ2v) is 10.5. The van der Waals surface area contributed by atoms with Crippen LogP contribution in [0.2, 0.25) is 0 Å². The summed E-state index contributed by atoms with van der Waals surface area (Å²) >= 11 is 0. The lowest BCUT2D eigenvalue weighted by molar-refractivity contribution is -0.120. The molecule has 1 fully saturated rings. The Bertz CT molecular complexity index is 1480. The van der Waals surface area contributed by atoms with E-state index in [0.717, 1.165) is 37.0 Å². The summed E-state index contributed by atoms with van der Waals surface area (Å²) in [6, 6.07) is 14.7. The minimum absolute atomic E-state index is 0.155. The number of hydrogen-bond acceptors (Lipinski definition) is 7. The first-order chi connectivity index (χ1) is 18.7. The minimum atomic E-state index is -0.336. The van der Waals surface area contributed by atoms with Gasteiger partial charge >= 0.3 is 0 Å². The maximum absolute atomic E-state index is 14.3. The molecule has 0 spiro atoms. The first-order valence-electron chi connectivity index (χ1n) is 13.3. The van der Waals surface area contributed by atoms with Crippen LogP contribution < -0.4 is 10.1 Å². The number of anilines is 2. The second kappa shape index (κ2) is 11.5. The van der Waals surface area contributed by atoms with Gasteiger partial charge in [0.2, 0.25) is 5.95 Å². The monoisotopic (exact) mass is 530 g/mol. The molecule has 1 aliphatic heterocycles. The number of piperidine rings is 1. The Morgan fingerprint density at radius 3 is 2.64 bits per heavy atom. The molecule has 1 saturated heterocycles. The van der Waals surface area contributed by atoms with Gasteiger partial charge in [-0.3, -0.25) is 14.7 Å². The zero-order valence-electron chi connectivity index (χ0n) is 22.9. The number of likely N-dealkylation sites (tertiary alicyclic amines) is 1. The van der Waals surface area contributed by atoms with Gasteiger partial charge in [-0.05, 0) is 69.8 Å². The average molecular weight is 531 g/mol. The molecule has 0 atom stereocenters. The maximum Gasteiger partial charge on any atom is 0.208 e. The Morgan fingerprint density at radius 1 is 1.10 bits per heavy atom. The molecule has 0 bridgehead atoms. The van der Waals surface area contributed by atoms with Gasteiger partial charge in [0, 0.05) is 44.5 Å². The Labute approximate surface area is 228 Å². The second-order valence-electron chi connectivity index (χ2n) is 10.5. The lowest BCUT2D eigenvalue weighted by Crippen LogP contribution is -2.43. The number of nitrogens with one attached hydrogen (secondary N) is 1. The van der Waals surface area contributed by atoms with E-state index in [1.165, 1.54) is 6.07 Å². The molecule has 204 valence electrons. The molecule has 0 aliphatic carbocycles. The number of ether oxygens (including phenoxy) is 1. The Hall–Kier alpha value is -3.82. The summed E-state index contributed by atoms with van der Waals surface area (Å²) in [5.41, 5.74) is 3.62. The van der Waals surface area contributed by atoms with Crippen molar-refractivity contribution in [2.75, 3.05) is 39.0 Å². The van der Waals surface area contributed by atoms with Crippen LogP contribution in [0.5, 0.6) is 11.5 Å². The summed E-state index contributed by atoms with van der Waals surface area (Å²) in [6.07, 6.45) is 4.11. The molecule has 2 aromatic carbocycles. The molecule has 39 heavy (non-hydrogen) atoms. The zero-order chi connectivity index (χ0) is 27.5. The fourth-order valence-corrected chi connectivity index (χ4v) is 5.06. The molecule has 0 saturated carbocycles. The van der Waals surface area contributed by atoms with Crippen molar-refractivity contribution in [1.82, 2.24) is 24.3 Å². The van der Waals surface area contributed by atoms with E-state index < -0.39 is 0 Å². The van der Waals surface area contributed by atoms with Crippen LogP contribution in [0.4, 0.5) is 16.0 Å². The third kappa shape index (κ3) is 6.43. The van der Waals surface area contributed by atoms with Gasteiger partial charge in [-0.15, -0.1) is 0 Å². The number of hydrogen-bond donors (Lipinski definition) is 1. The van der Waals surface area contributed by atoms with Gasteiger partial charge in [0.15, 0.2) is 5.78 Å². The first-order valence-corrected chi connectivity index (χ1v) is 13.3. The average Bonchev–Trinajstić information content (AvgIpc) is 3.21. The quantitative estimate of drug-likeness (QED) is 0.323. The van der Waals surface area contributed by atoms with Gasteiger partial charge in [-0.1, -0.05) is 6.07 Å². The fourth-order valence-electron chi connectivity index (χ4n) is 5.06. The van der Waals surface area contributed by atoms with Crippen LogP contribution in [0.15, 0.2) is 54.7 Å². The number of Topliss-reactive ketones (excluding diaryl/α,β-unsaturated/α-hetero) is 1. The molecule has 9 heteroatoms. The summed E-state index contributed by atoms with van der Waals surface area (Å²) in [5.74, 6) is 1.57. The molecule has 2 aromatic heterocycles. The Balaban J connectivity index is 1.23. The van der Waals surface area contributed by atoms with Crippen molar-refractivity contribution >= 4 is 28.5 Å². The van der Waals surface area contributed by atoms with Crippen LogP contribution in [0.1, 0.15) is 24.1 Å². The number of fused-ring (bicyclic) bond motifs is 1. The minimum Gasteiger partial charge on any atom is -0.457 e. The summed E-state index contributed by atoms with van der Waals surface area (Å²) in [4.78, 5) is 26.3. The van der Waals surface area contributed by atoms with E-state index in [0.29, 0.717) is 46.9 Å². The van der Waals surface area contributed by atoms with Crippen molar-refractivity contribution in [2.24, 2.45) is 7.05 Å². The van der Waals surface area contributed by atoms with Crippen LogP contribution in [0.3, 0.4) is 0 Å². The highest BCUT2D eigenvalue weighted by Gasteiger charge is 2.22. The lowest BCUT2D eigenvalue weighted by atomic mass is 10.0. The molecule has 0 amide bonds. The number of halogens is 1. The summed E-state index contributed by atoms with van der Waals surface area (Å²) in [7, 11) is 6.11. The molecule has 4 aromatic rings. The van der Waals surface area contributed by atoms with E-state index >= 15 is 0 Å². The van der Waals surface area contributed by atoms with Crippen LogP contribution in [-0.4, -0.2) is 69.9 Å². The van der Waals surface area contributed by atoms with Gasteiger partial charge < -0.3 is 19.5 Å². The number of benzene rings is 2.